The molecule has 0 spiro atoms. The lowest BCUT2D eigenvalue weighted by Gasteiger charge is -2.42. The van der Waals surface area contributed by atoms with Crippen LogP contribution in [0.5, 0.6) is 0 Å². The molecule has 1 aliphatic carbocycles. The Labute approximate surface area is 103 Å². The molecule has 0 N–H and O–H groups in total. The van der Waals surface area contributed by atoms with Crippen LogP contribution in [0.1, 0.15) is 61.3 Å². The molecule has 0 aromatic heterocycles. The highest BCUT2D eigenvalue weighted by atomic mass is 16.5. The van der Waals surface area contributed by atoms with Crippen LogP contribution in [0.3, 0.4) is 0 Å². The van der Waals surface area contributed by atoms with Crippen LogP contribution < -0.4 is 0 Å². The molecule has 0 atom stereocenters. The summed E-state index contributed by atoms with van der Waals surface area (Å²) in [7, 11) is 0. The van der Waals surface area contributed by atoms with E-state index in [4.69, 9.17) is 4.74 Å². The fourth-order valence-electron chi connectivity index (χ4n) is 1.95. The third-order valence-corrected chi connectivity index (χ3v) is 4.50. The van der Waals surface area contributed by atoms with Crippen molar-refractivity contribution >= 4 is 0 Å². The van der Waals surface area contributed by atoms with E-state index in [1.807, 2.05) is 0 Å². The molecule has 1 heterocycles. The minimum absolute atomic E-state index is 0. The number of hydrogen-bond donors (Lipinski definition) is 0. The molecule has 2 rings (SSSR count). The Balaban J connectivity index is 0.000000267. The van der Waals surface area contributed by atoms with E-state index in [1.165, 1.54) is 19.3 Å². The molecule has 0 amide bonds. The highest BCUT2D eigenvalue weighted by molar-refractivity contribution is 4.85. The fourth-order valence-corrected chi connectivity index (χ4v) is 1.95. The topological polar surface area (TPSA) is 9.23 Å². The van der Waals surface area contributed by atoms with Crippen LogP contribution in [-0.2, 0) is 4.74 Å². The zero-order valence-corrected chi connectivity index (χ0v) is 11.2. The van der Waals surface area contributed by atoms with Crippen molar-refractivity contribution in [2.75, 3.05) is 13.2 Å². The summed E-state index contributed by atoms with van der Waals surface area (Å²) in [5.41, 5.74) is 0.722. The van der Waals surface area contributed by atoms with E-state index < -0.39 is 0 Å². The Hall–Kier alpha value is -0.0400. The highest BCUT2D eigenvalue weighted by Gasteiger charge is 2.34. The normalized spacial score (nSPS) is 22.7. The van der Waals surface area contributed by atoms with Gasteiger partial charge in [-0.15, -0.1) is 0 Å². The molecular formula is C15H32O. The Morgan fingerprint density at radius 3 is 1.56 bits per heavy atom. The first kappa shape index (κ1) is 16.0. The summed E-state index contributed by atoms with van der Waals surface area (Å²) < 4.78 is 5.00. The maximum absolute atomic E-state index is 5.00. The third-order valence-electron chi connectivity index (χ3n) is 4.50. The van der Waals surface area contributed by atoms with Gasteiger partial charge in [-0.05, 0) is 30.1 Å². The van der Waals surface area contributed by atoms with E-state index in [9.17, 15) is 0 Å². The Kier molecular flexibility index (Phi) is 6.62. The first-order valence-corrected chi connectivity index (χ1v) is 6.53. The van der Waals surface area contributed by atoms with Crippen molar-refractivity contribution in [2.24, 2.45) is 23.2 Å². The largest absolute Gasteiger partial charge is 0.381 e. The van der Waals surface area contributed by atoms with Gasteiger partial charge in [-0.3, -0.25) is 0 Å². The highest BCUT2D eigenvalue weighted by Crippen LogP contribution is 2.46. The average Bonchev–Trinajstić information content (AvgIpc) is 1.96. The van der Waals surface area contributed by atoms with E-state index in [-0.39, 0.29) is 7.43 Å². The van der Waals surface area contributed by atoms with Crippen molar-refractivity contribution in [2.45, 2.75) is 61.3 Å². The van der Waals surface area contributed by atoms with Crippen LogP contribution >= 0.6 is 0 Å². The van der Waals surface area contributed by atoms with Crippen molar-refractivity contribution in [3.8, 4) is 0 Å². The van der Waals surface area contributed by atoms with Crippen LogP contribution in [0.25, 0.3) is 0 Å². The summed E-state index contributed by atoms with van der Waals surface area (Å²) in [5.74, 6) is 2.59. The summed E-state index contributed by atoms with van der Waals surface area (Å²) in [6.45, 7) is 13.6. The molecule has 1 heteroatoms. The second-order valence-corrected chi connectivity index (χ2v) is 6.20. The molecule has 1 saturated heterocycles. The molecule has 0 unspecified atom stereocenters. The third kappa shape index (κ3) is 4.08. The van der Waals surface area contributed by atoms with Crippen LogP contribution in [0.2, 0.25) is 0 Å². The van der Waals surface area contributed by atoms with Gasteiger partial charge in [0.05, 0.1) is 13.2 Å². The summed E-state index contributed by atoms with van der Waals surface area (Å²) in [6, 6.07) is 0. The lowest BCUT2D eigenvalue weighted by atomic mass is 9.64. The molecule has 0 aromatic rings. The van der Waals surface area contributed by atoms with E-state index in [0.29, 0.717) is 0 Å². The SMILES string of the molecule is C.CC(C)C1(C)CCC1.CC(C)C1COC1. The fraction of sp³-hybridized carbons (Fsp3) is 1.00. The van der Waals surface area contributed by atoms with Crippen LogP contribution in [0.4, 0.5) is 0 Å². The van der Waals surface area contributed by atoms with Crippen LogP contribution in [-0.4, -0.2) is 13.2 Å². The van der Waals surface area contributed by atoms with Crippen LogP contribution in [0, 0.1) is 23.2 Å². The lowest BCUT2D eigenvalue weighted by molar-refractivity contribution is -0.0534. The summed E-state index contributed by atoms with van der Waals surface area (Å²) >= 11 is 0. The lowest BCUT2D eigenvalue weighted by Crippen LogP contribution is -2.31. The minimum Gasteiger partial charge on any atom is -0.381 e. The smallest absolute Gasteiger partial charge is 0.0518 e. The van der Waals surface area contributed by atoms with E-state index in [1.54, 1.807) is 0 Å². The maximum Gasteiger partial charge on any atom is 0.0518 e. The van der Waals surface area contributed by atoms with E-state index in [0.717, 1.165) is 36.4 Å². The molecule has 0 aromatic carbocycles. The molecule has 98 valence electrons. The first-order chi connectivity index (χ1) is 6.96. The summed E-state index contributed by atoms with van der Waals surface area (Å²) in [5, 5.41) is 0. The Morgan fingerprint density at radius 1 is 1.06 bits per heavy atom. The quantitative estimate of drug-likeness (QED) is 0.662. The van der Waals surface area contributed by atoms with Crippen LogP contribution in [0.15, 0.2) is 0 Å². The predicted octanol–water partition coefficient (Wildman–Crippen LogP) is 4.76. The van der Waals surface area contributed by atoms with Crippen molar-refractivity contribution < 1.29 is 4.74 Å². The minimum atomic E-state index is 0. The van der Waals surface area contributed by atoms with Gasteiger partial charge in [-0.2, -0.15) is 0 Å². The molecule has 2 fully saturated rings. The number of rotatable bonds is 2. The molecule has 1 aliphatic heterocycles. The number of hydrogen-bond acceptors (Lipinski definition) is 1. The van der Waals surface area contributed by atoms with Gasteiger partial charge in [-0.25, -0.2) is 0 Å². The van der Waals surface area contributed by atoms with Gasteiger partial charge >= 0.3 is 0 Å². The van der Waals surface area contributed by atoms with Gasteiger partial charge < -0.3 is 4.74 Å². The van der Waals surface area contributed by atoms with Gasteiger partial charge in [-0.1, -0.05) is 48.5 Å². The van der Waals surface area contributed by atoms with E-state index >= 15 is 0 Å². The predicted molar refractivity (Wildman–Crippen MR) is 72.7 cm³/mol. The van der Waals surface area contributed by atoms with Gasteiger partial charge in [0.2, 0.25) is 0 Å². The average molecular weight is 228 g/mol. The maximum atomic E-state index is 5.00. The standard InChI is InChI=1S/C8H16.C6H12O.CH4/c1-7(2)8(3)5-4-6-8;1-5(2)6-3-7-4-6;/h7H,4-6H2,1-3H3;5-6H,3-4H2,1-2H3;1H4. The molecule has 1 saturated carbocycles. The Morgan fingerprint density at radius 2 is 1.56 bits per heavy atom. The molecule has 0 radical (unpaired) electrons. The monoisotopic (exact) mass is 228 g/mol. The second-order valence-electron chi connectivity index (χ2n) is 6.20. The van der Waals surface area contributed by atoms with Gasteiger partial charge in [0.25, 0.3) is 0 Å². The van der Waals surface area contributed by atoms with Crippen molar-refractivity contribution in [3.05, 3.63) is 0 Å². The molecule has 2 aliphatic rings. The summed E-state index contributed by atoms with van der Waals surface area (Å²) in [4.78, 5) is 0. The first-order valence-electron chi connectivity index (χ1n) is 6.53. The van der Waals surface area contributed by atoms with Crippen molar-refractivity contribution in [1.82, 2.24) is 0 Å². The van der Waals surface area contributed by atoms with E-state index in [2.05, 4.69) is 34.6 Å². The zero-order chi connectivity index (χ0) is 11.5. The molecule has 0 bridgehead atoms. The van der Waals surface area contributed by atoms with Gasteiger partial charge in [0.15, 0.2) is 0 Å². The van der Waals surface area contributed by atoms with Crippen molar-refractivity contribution in [1.29, 1.82) is 0 Å². The van der Waals surface area contributed by atoms with Gasteiger partial charge in [0, 0.05) is 5.92 Å². The summed E-state index contributed by atoms with van der Waals surface area (Å²) in [6.07, 6.45) is 4.39. The molecule has 16 heavy (non-hydrogen) atoms. The molecule has 1 nitrogen and oxygen atoms in total. The van der Waals surface area contributed by atoms with Crippen molar-refractivity contribution in [3.63, 3.8) is 0 Å². The van der Waals surface area contributed by atoms with Gasteiger partial charge in [0.1, 0.15) is 0 Å². The molecular weight excluding hydrogens is 196 g/mol. The zero-order valence-electron chi connectivity index (χ0n) is 11.2. The number of ether oxygens (including phenoxy) is 1. The second kappa shape index (κ2) is 6.64. The Bertz CT molecular complexity index is 176.